The summed E-state index contributed by atoms with van der Waals surface area (Å²) >= 11 is 0. The molecule has 0 aliphatic rings. The Morgan fingerprint density at radius 3 is 2.27 bits per heavy atom. The maximum atomic E-state index is 12.5. The molecule has 0 aliphatic heterocycles. The summed E-state index contributed by atoms with van der Waals surface area (Å²) in [6, 6.07) is 11.9. The molecule has 0 fully saturated rings. The van der Waals surface area contributed by atoms with Crippen LogP contribution in [-0.2, 0) is 16.6 Å². The second-order valence-electron chi connectivity index (χ2n) is 6.46. The van der Waals surface area contributed by atoms with E-state index in [1.807, 2.05) is 32.0 Å². The van der Waals surface area contributed by atoms with E-state index in [9.17, 15) is 13.2 Å². The van der Waals surface area contributed by atoms with E-state index < -0.39 is 10.0 Å². The predicted octanol–water partition coefficient (Wildman–Crippen LogP) is 3.37. The quantitative estimate of drug-likeness (QED) is 0.551. The minimum absolute atomic E-state index is 0.157. The molecule has 0 atom stereocenters. The number of nitrogens with zero attached hydrogens (tertiary/aromatic N) is 1. The molecule has 0 aromatic heterocycles. The van der Waals surface area contributed by atoms with Gasteiger partial charge in [-0.3, -0.25) is 9.10 Å². The first-order valence-electron chi connectivity index (χ1n) is 9.65. The Morgan fingerprint density at radius 1 is 1.07 bits per heavy atom. The molecule has 0 radical (unpaired) electrons. The molecule has 30 heavy (non-hydrogen) atoms. The van der Waals surface area contributed by atoms with Crippen LogP contribution in [0.5, 0.6) is 11.5 Å². The summed E-state index contributed by atoms with van der Waals surface area (Å²) in [5, 5.41) is 2.86. The summed E-state index contributed by atoms with van der Waals surface area (Å²) in [5.74, 6) is 1.04. The lowest BCUT2D eigenvalue weighted by atomic mass is 10.1. The van der Waals surface area contributed by atoms with Gasteiger partial charge in [0.15, 0.2) is 11.5 Å². The monoisotopic (exact) mass is 432 g/mol. The van der Waals surface area contributed by atoms with E-state index in [2.05, 4.69) is 11.9 Å². The Labute approximate surface area is 178 Å². The van der Waals surface area contributed by atoms with Crippen LogP contribution < -0.4 is 19.1 Å². The van der Waals surface area contributed by atoms with Gasteiger partial charge in [0.05, 0.1) is 31.7 Å². The van der Waals surface area contributed by atoms with Gasteiger partial charge in [0.25, 0.3) is 5.91 Å². The SMILES string of the molecule is C=CCN(c1ccc(C(=O)NCc2ccc(OCC)c(OCC)c2)cc1)S(C)(=O)=O. The molecule has 2 rings (SSSR count). The molecule has 0 bridgehead atoms. The van der Waals surface area contributed by atoms with Crippen LogP contribution in [0.2, 0.25) is 0 Å². The van der Waals surface area contributed by atoms with E-state index in [1.54, 1.807) is 24.3 Å². The van der Waals surface area contributed by atoms with Crippen molar-refractivity contribution in [3.63, 3.8) is 0 Å². The average molecular weight is 433 g/mol. The first-order valence-corrected chi connectivity index (χ1v) is 11.5. The lowest BCUT2D eigenvalue weighted by molar-refractivity contribution is 0.0951. The Hall–Kier alpha value is -3.00. The molecule has 2 aromatic carbocycles. The number of sulfonamides is 1. The summed E-state index contributed by atoms with van der Waals surface area (Å²) in [6.45, 7) is 8.91. The number of benzene rings is 2. The number of carbonyl (C=O) groups is 1. The van der Waals surface area contributed by atoms with E-state index in [-0.39, 0.29) is 12.5 Å². The van der Waals surface area contributed by atoms with Crippen LogP contribution in [-0.4, -0.2) is 40.3 Å². The van der Waals surface area contributed by atoms with Crippen LogP contribution in [0.4, 0.5) is 5.69 Å². The fraction of sp³-hybridized carbons (Fsp3) is 0.318. The van der Waals surface area contributed by atoms with Crippen LogP contribution in [0.3, 0.4) is 0 Å². The molecule has 0 aliphatic carbocycles. The zero-order valence-electron chi connectivity index (χ0n) is 17.6. The maximum absolute atomic E-state index is 12.5. The number of carbonyl (C=O) groups excluding carboxylic acids is 1. The summed E-state index contributed by atoms with van der Waals surface area (Å²) in [4.78, 5) is 12.5. The minimum Gasteiger partial charge on any atom is -0.490 e. The second kappa shape index (κ2) is 10.7. The van der Waals surface area contributed by atoms with E-state index >= 15 is 0 Å². The van der Waals surface area contributed by atoms with Gasteiger partial charge in [0.2, 0.25) is 10.0 Å². The number of amides is 1. The standard InChI is InChI=1S/C22H28N2O5S/c1-5-14-24(30(4,26)27)19-11-9-18(10-12-19)22(25)23-16-17-8-13-20(28-6-2)21(15-17)29-7-3/h5,8-13,15H,1,6-7,14,16H2,2-4H3,(H,23,25). The smallest absolute Gasteiger partial charge is 0.251 e. The molecule has 1 N–H and O–H groups in total. The Kier molecular flexibility index (Phi) is 8.29. The number of ether oxygens (including phenoxy) is 2. The minimum atomic E-state index is -3.44. The van der Waals surface area contributed by atoms with Crippen molar-refractivity contribution in [1.82, 2.24) is 5.32 Å². The first-order chi connectivity index (χ1) is 14.3. The number of anilines is 1. The fourth-order valence-corrected chi connectivity index (χ4v) is 3.70. The number of rotatable bonds is 11. The van der Waals surface area contributed by atoms with Crippen LogP contribution >= 0.6 is 0 Å². The lowest BCUT2D eigenvalue weighted by Crippen LogP contribution is -2.30. The summed E-state index contributed by atoms with van der Waals surface area (Å²) in [5.41, 5.74) is 1.78. The van der Waals surface area contributed by atoms with Gasteiger partial charge in [-0.2, -0.15) is 0 Å². The average Bonchev–Trinajstić information content (AvgIpc) is 2.71. The summed E-state index contributed by atoms with van der Waals surface area (Å²) in [6.07, 6.45) is 2.64. The van der Waals surface area contributed by atoms with Gasteiger partial charge in [0.1, 0.15) is 0 Å². The van der Waals surface area contributed by atoms with Gasteiger partial charge in [-0.1, -0.05) is 12.1 Å². The Morgan fingerprint density at radius 2 is 1.70 bits per heavy atom. The van der Waals surface area contributed by atoms with Crippen molar-refractivity contribution in [1.29, 1.82) is 0 Å². The largest absolute Gasteiger partial charge is 0.490 e. The molecule has 0 spiro atoms. The molecule has 1 amide bonds. The van der Waals surface area contributed by atoms with Crippen molar-refractivity contribution >= 4 is 21.6 Å². The van der Waals surface area contributed by atoms with Crippen molar-refractivity contribution in [2.75, 3.05) is 30.3 Å². The van der Waals surface area contributed by atoms with Gasteiger partial charge in [-0.15, -0.1) is 6.58 Å². The van der Waals surface area contributed by atoms with Crippen LogP contribution in [0.25, 0.3) is 0 Å². The van der Waals surface area contributed by atoms with E-state index in [4.69, 9.17) is 9.47 Å². The molecule has 0 saturated heterocycles. The highest BCUT2D eigenvalue weighted by atomic mass is 32.2. The Balaban J connectivity index is 2.08. The van der Waals surface area contributed by atoms with E-state index in [0.29, 0.717) is 42.5 Å². The first kappa shape index (κ1) is 23.3. The van der Waals surface area contributed by atoms with Crippen molar-refractivity contribution in [3.05, 3.63) is 66.2 Å². The fourth-order valence-electron chi connectivity index (χ4n) is 2.82. The highest BCUT2D eigenvalue weighted by Crippen LogP contribution is 2.28. The van der Waals surface area contributed by atoms with E-state index in [0.717, 1.165) is 11.8 Å². The van der Waals surface area contributed by atoms with Crippen molar-refractivity contribution in [2.45, 2.75) is 20.4 Å². The molecular weight excluding hydrogens is 404 g/mol. The lowest BCUT2D eigenvalue weighted by Gasteiger charge is -2.20. The second-order valence-corrected chi connectivity index (χ2v) is 8.37. The van der Waals surface area contributed by atoms with Gasteiger partial charge in [-0.05, 0) is 55.8 Å². The molecule has 0 unspecified atom stereocenters. The zero-order valence-corrected chi connectivity index (χ0v) is 18.4. The molecule has 7 nitrogen and oxygen atoms in total. The third kappa shape index (κ3) is 6.25. The normalized spacial score (nSPS) is 10.9. The third-order valence-corrected chi connectivity index (χ3v) is 5.33. The van der Waals surface area contributed by atoms with Crippen molar-refractivity contribution < 1.29 is 22.7 Å². The van der Waals surface area contributed by atoms with Gasteiger partial charge < -0.3 is 14.8 Å². The van der Waals surface area contributed by atoms with Crippen molar-refractivity contribution in [3.8, 4) is 11.5 Å². The van der Waals surface area contributed by atoms with Crippen molar-refractivity contribution in [2.24, 2.45) is 0 Å². The number of hydrogen-bond acceptors (Lipinski definition) is 5. The molecule has 8 heteroatoms. The molecule has 0 saturated carbocycles. The van der Waals surface area contributed by atoms with Crippen LogP contribution in [0.1, 0.15) is 29.8 Å². The zero-order chi connectivity index (χ0) is 22.1. The predicted molar refractivity (Wildman–Crippen MR) is 119 cm³/mol. The molecule has 162 valence electrons. The number of hydrogen-bond donors (Lipinski definition) is 1. The molecular formula is C22H28N2O5S. The number of nitrogens with one attached hydrogen (secondary N) is 1. The van der Waals surface area contributed by atoms with E-state index in [1.165, 1.54) is 10.4 Å². The topological polar surface area (TPSA) is 84.9 Å². The van der Waals surface area contributed by atoms with Gasteiger partial charge in [0, 0.05) is 12.1 Å². The van der Waals surface area contributed by atoms with Gasteiger partial charge >= 0.3 is 0 Å². The summed E-state index contributed by atoms with van der Waals surface area (Å²) < 4.78 is 36.2. The molecule has 2 aromatic rings. The molecule has 0 heterocycles. The highest BCUT2D eigenvalue weighted by Gasteiger charge is 2.16. The van der Waals surface area contributed by atoms with Crippen LogP contribution in [0.15, 0.2) is 55.1 Å². The van der Waals surface area contributed by atoms with Gasteiger partial charge in [-0.25, -0.2) is 8.42 Å². The highest BCUT2D eigenvalue weighted by molar-refractivity contribution is 7.92. The maximum Gasteiger partial charge on any atom is 0.251 e. The summed E-state index contributed by atoms with van der Waals surface area (Å²) in [7, 11) is -3.44. The third-order valence-electron chi connectivity index (χ3n) is 4.17. The van der Waals surface area contributed by atoms with Crippen LogP contribution in [0, 0.1) is 0 Å². The Bertz CT molecular complexity index is 972.